The van der Waals surface area contributed by atoms with E-state index in [9.17, 15) is 10.2 Å². The molecule has 164 valence electrons. The fourth-order valence-electron chi connectivity index (χ4n) is 4.11. The highest BCUT2D eigenvalue weighted by atomic mass is 35.5. The third-order valence-corrected chi connectivity index (χ3v) is 6.12. The quantitative estimate of drug-likeness (QED) is 0.667. The Morgan fingerprint density at radius 2 is 1.70 bits per heavy atom. The Labute approximate surface area is 183 Å². The lowest BCUT2D eigenvalue weighted by molar-refractivity contribution is -0.142. The van der Waals surface area contributed by atoms with E-state index in [1.165, 1.54) is 0 Å². The largest absolute Gasteiger partial charge is 0.494 e. The Morgan fingerprint density at radius 3 is 2.33 bits per heavy atom. The van der Waals surface area contributed by atoms with Gasteiger partial charge in [0, 0.05) is 17.5 Å². The minimum absolute atomic E-state index is 0.0265. The maximum atomic E-state index is 10.5. The van der Waals surface area contributed by atoms with Crippen molar-refractivity contribution in [3.63, 3.8) is 0 Å². The number of aliphatic hydroxyl groups excluding tert-OH is 3. The first-order chi connectivity index (χ1) is 14.4. The lowest BCUT2D eigenvalue weighted by Gasteiger charge is -2.32. The van der Waals surface area contributed by atoms with Gasteiger partial charge < -0.3 is 24.8 Å². The molecular weight excluding hydrogens is 404 g/mol. The smallest absolute Gasteiger partial charge is 0.119 e. The molecule has 0 radical (unpaired) electrons. The molecule has 2 aliphatic rings. The zero-order valence-corrected chi connectivity index (χ0v) is 18.4. The summed E-state index contributed by atoms with van der Waals surface area (Å²) in [6, 6.07) is 13.7. The summed E-state index contributed by atoms with van der Waals surface area (Å²) in [5.74, 6) is 1.18. The Hall–Kier alpha value is -1.63. The lowest BCUT2D eigenvalue weighted by Crippen LogP contribution is -2.40. The van der Waals surface area contributed by atoms with Crippen LogP contribution in [-0.2, 0) is 11.2 Å². The summed E-state index contributed by atoms with van der Waals surface area (Å²) in [5, 5.41) is 29.1. The van der Waals surface area contributed by atoms with E-state index in [0.717, 1.165) is 22.4 Å². The molecule has 6 heteroatoms. The summed E-state index contributed by atoms with van der Waals surface area (Å²) in [7, 11) is 0. The number of ether oxygens (including phenoxy) is 2. The fraction of sp³-hybridized carbons (Fsp3) is 0.500. The van der Waals surface area contributed by atoms with Gasteiger partial charge in [0.25, 0.3) is 0 Å². The Kier molecular flexibility index (Phi) is 7.77. The highest BCUT2D eigenvalue weighted by Crippen LogP contribution is 2.52. The monoisotopic (exact) mass is 434 g/mol. The van der Waals surface area contributed by atoms with Crippen molar-refractivity contribution in [3.05, 3.63) is 64.2 Å². The molecule has 1 aliphatic carbocycles. The van der Waals surface area contributed by atoms with Crippen molar-refractivity contribution in [3.8, 4) is 5.75 Å². The Balaban J connectivity index is 0.000000806. The zero-order valence-electron chi connectivity index (χ0n) is 17.7. The summed E-state index contributed by atoms with van der Waals surface area (Å²) < 4.78 is 11.5. The molecule has 2 aromatic carbocycles. The van der Waals surface area contributed by atoms with Crippen molar-refractivity contribution >= 4 is 11.6 Å². The molecule has 30 heavy (non-hydrogen) atoms. The van der Waals surface area contributed by atoms with Gasteiger partial charge in [-0.15, -0.1) is 0 Å². The Morgan fingerprint density at radius 1 is 1.03 bits per heavy atom. The first kappa shape index (κ1) is 23.0. The first-order valence-electron chi connectivity index (χ1n) is 10.5. The lowest BCUT2D eigenvalue weighted by atomic mass is 9.93. The van der Waals surface area contributed by atoms with E-state index in [0.29, 0.717) is 18.1 Å². The van der Waals surface area contributed by atoms with Crippen LogP contribution in [-0.4, -0.2) is 46.8 Å². The molecule has 1 saturated carbocycles. The molecule has 6 atom stereocenters. The third kappa shape index (κ3) is 4.98. The highest BCUT2D eigenvalue weighted by Gasteiger charge is 2.60. The predicted molar refractivity (Wildman–Crippen MR) is 117 cm³/mol. The normalized spacial score (nSPS) is 29.4. The van der Waals surface area contributed by atoms with E-state index in [2.05, 4.69) is 0 Å². The topological polar surface area (TPSA) is 79.2 Å². The van der Waals surface area contributed by atoms with Crippen LogP contribution in [0.1, 0.15) is 43.6 Å². The van der Waals surface area contributed by atoms with Gasteiger partial charge in [-0.05, 0) is 61.1 Å². The second-order valence-electron chi connectivity index (χ2n) is 7.86. The van der Waals surface area contributed by atoms with Gasteiger partial charge in [0.1, 0.15) is 18.0 Å². The third-order valence-electron chi connectivity index (χ3n) is 5.75. The second-order valence-corrected chi connectivity index (χ2v) is 8.27. The molecule has 4 unspecified atom stereocenters. The number of aliphatic hydroxyl groups is 3. The van der Waals surface area contributed by atoms with Gasteiger partial charge in [-0.1, -0.05) is 42.8 Å². The van der Waals surface area contributed by atoms with Crippen LogP contribution in [0.25, 0.3) is 0 Å². The second kappa shape index (κ2) is 10.1. The molecule has 4 rings (SSSR count). The van der Waals surface area contributed by atoms with Gasteiger partial charge in [0.15, 0.2) is 0 Å². The summed E-state index contributed by atoms with van der Waals surface area (Å²) in [6.07, 6.45) is -1.49. The number of fused-ring (bicyclic) bond motifs is 1. The van der Waals surface area contributed by atoms with Crippen molar-refractivity contribution in [2.75, 3.05) is 13.2 Å². The van der Waals surface area contributed by atoms with E-state index in [4.69, 9.17) is 26.2 Å². The summed E-state index contributed by atoms with van der Waals surface area (Å²) >= 11 is 6.41. The van der Waals surface area contributed by atoms with Gasteiger partial charge in [0.05, 0.1) is 18.8 Å². The fourth-order valence-corrected chi connectivity index (χ4v) is 4.29. The minimum atomic E-state index is -0.921. The highest BCUT2D eigenvalue weighted by molar-refractivity contribution is 6.31. The van der Waals surface area contributed by atoms with Crippen molar-refractivity contribution in [2.24, 2.45) is 11.8 Å². The van der Waals surface area contributed by atoms with E-state index >= 15 is 0 Å². The summed E-state index contributed by atoms with van der Waals surface area (Å²) in [4.78, 5) is 0. The average Bonchev–Trinajstić information content (AvgIpc) is 3.38. The van der Waals surface area contributed by atoms with Crippen LogP contribution in [0.2, 0.25) is 5.02 Å². The van der Waals surface area contributed by atoms with Crippen molar-refractivity contribution in [2.45, 2.75) is 51.6 Å². The molecule has 1 aliphatic heterocycles. The molecular formula is C24H31ClO5. The molecule has 2 aromatic rings. The maximum Gasteiger partial charge on any atom is 0.119 e. The number of benzene rings is 2. The van der Waals surface area contributed by atoms with Crippen molar-refractivity contribution < 1.29 is 24.8 Å². The number of hydrogen-bond donors (Lipinski definition) is 3. The van der Waals surface area contributed by atoms with Gasteiger partial charge in [-0.25, -0.2) is 0 Å². The Bertz CT molecular complexity index is 825. The van der Waals surface area contributed by atoms with E-state index in [1.54, 1.807) is 6.92 Å². The van der Waals surface area contributed by atoms with Crippen LogP contribution in [0.15, 0.2) is 42.5 Å². The van der Waals surface area contributed by atoms with Gasteiger partial charge in [0.2, 0.25) is 0 Å². The molecule has 0 aromatic heterocycles. The molecule has 0 amide bonds. The SMILES string of the molecule is CCO.CCOc1ccc(Cc2cc(C3OC4C(C(O)[C@H]3O)[C@H]4C)ccc2Cl)cc1. The number of rotatable bonds is 5. The van der Waals surface area contributed by atoms with Crippen LogP contribution in [0, 0.1) is 11.8 Å². The molecule has 1 saturated heterocycles. The van der Waals surface area contributed by atoms with Crippen LogP contribution >= 0.6 is 11.6 Å². The van der Waals surface area contributed by atoms with E-state index < -0.39 is 18.3 Å². The average molecular weight is 435 g/mol. The van der Waals surface area contributed by atoms with Crippen molar-refractivity contribution in [1.82, 2.24) is 0 Å². The van der Waals surface area contributed by atoms with Crippen LogP contribution in [0.4, 0.5) is 0 Å². The molecule has 0 bridgehead atoms. The van der Waals surface area contributed by atoms with Gasteiger partial charge in [-0.2, -0.15) is 0 Å². The zero-order chi connectivity index (χ0) is 21.8. The molecule has 2 fully saturated rings. The van der Waals surface area contributed by atoms with Gasteiger partial charge in [-0.3, -0.25) is 0 Å². The van der Waals surface area contributed by atoms with Gasteiger partial charge >= 0.3 is 0 Å². The molecule has 3 N–H and O–H groups in total. The first-order valence-corrected chi connectivity index (χ1v) is 10.9. The van der Waals surface area contributed by atoms with Crippen LogP contribution < -0.4 is 4.74 Å². The van der Waals surface area contributed by atoms with E-state index in [1.807, 2.05) is 56.3 Å². The maximum absolute atomic E-state index is 10.5. The minimum Gasteiger partial charge on any atom is -0.494 e. The number of hydrogen-bond acceptors (Lipinski definition) is 5. The summed E-state index contributed by atoms with van der Waals surface area (Å²) in [5.41, 5.74) is 2.94. The van der Waals surface area contributed by atoms with Crippen LogP contribution in [0.5, 0.6) is 5.75 Å². The molecule has 5 nitrogen and oxygen atoms in total. The van der Waals surface area contributed by atoms with Crippen molar-refractivity contribution in [1.29, 1.82) is 0 Å². The summed E-state index contributed by atoms with van der Waals surface area (Å²) in [6.45, 7) is 6.58. The molecule has 1 heterocycles. The molecule has 0 spiro atoms. The van der Waals surface area contributed by atoms with E-state index in [-0.39, 0.29) is 24.5 Å². The number of halogens is 1. The standard InChI is InChI=1S/C22H25ClO4.C2H6O/c1-3-26-16-7-4-13(5-8-16)10-15-11-14(6-9-17(15)23)22-20(25)19(24)18-12(2)21(18)27-22;1-2-3/h4-9,11-12,18-22,24-25H,3,10H2,1-2H3;3H,2H2,1H3/t12-,18?,19?,20-,21?,22?;/m1./s1. The predicted octanol–water partition coefficient (Wildman–Crippen LogP) is 3.76. The van der Waals surface area contributed by atoms with Crippen LogP contribution in [0.3, 0.4) is 0 Å².